The van der Waals surface area contributed by atoms with Gasteiger partial charge in [-0.25, -0.2) is 13.5 Å². The van der Waals surface area contributed by atoms with Gasteiger partial charge in [-0.15, -0.1) is 5.10 Å². The molecule has 0 aliphatic carbocycles. The van der Waals surface area contributed by atoms with Crippen LogP contribution < -0.4 is 10.6 Å². The molecule has 1 aromatic heterocycles. The number of hydrogen-bond acceptors (Lipinski definition) is 5. The molecule has 25 heavy (non-hydrogen) atoms. The Kier molecular flexibility index (Phi) is 5.34. The molecular weight excluding hydrogens is 332 g/mol. The zero-order valence-electron chi connectivity index (χ0n) is 13.5. The van der Waals surface area contributed by atoms with Crippen LogP contribution in [0.25, 0.3) is 0 Å². The molecule has 1 saturated heterocycles. The van der Waals surface area contributed by atoms with Crippen molar-refractivity contribution in [2.24, 2.45) is 0 Å². The minimum Gasteiger partial charge on any atom is -0.386 e. The van der Waals surface area contributed by atoms with Gasteiger partial charge in [-0.05, 0) is 38.1 Å². The first-order valence-electron chi connectivity index (χ1n) is 8.09. The Labute approximate surface area is 143 Å². The van der Waals surface area contributed by atoms with Gasteiger partial charge in [-0.1, -0.05) is 11.3 Å². The number of rotatable bonds is 5. The number of carbonyl (C=O) groups excluding carboxylic acids is 1. The Morgan fingerprint density at radius 2 is 2.04 bits per heavy atom. The second-order valence-electron chi connectivity index (χ2n) is 5.93. The summed E-state index contributed by atoms with van der Waals surface area (Å²) in [6.07, 6.45) is 1.84. The molecule has 7 nitrogen and oxygen atoms in total. The van der Waals surface area contributed by atoms with Crippen LogP contribution in [-0.4, -0.2) is 45.6 Å². The van der Waals surface area contributed by atoms with Crippen molar-refractivity contribution >= 4 is 5.91 Å². The fraction of sp³-hybridized carbons (Fsp3) is 0.438. The molecule has 9 heteroatoms. The van der Waals surface area contributed by atoms with E-state index in [9.17, 15) is 18.7 Å². The molecule has 2 aromatic rings. The van der Waals surface area contributed by atoms with E-state index in [0.717, 1.165) is 38.1 Å². The molecule has 0 radical (unpaired) electrons. The number of aromatic nitrogens is 3. The highest BCUT2D eigenvalue weighted by Crippen LogP contribution is 2.20. The number of aliphatic hydroxyl groups excluding tert-OH is 1. The van der Waals surface area contributed by atoms with E-state index in [1.54, 1.807) is 10.9 Å². The monoisotopic (exact) mass is 351 g/mol. The lowest BCUT2D eigenvalue weighted by Crippen LogP contribution is -2.30. The van der Waals surface area contributed by atoms with Gasteiger partial charge in [0.25, 0.3) is 5.91 Å². The summed E-state index contributed by atoms with van der Waals surface area (Å²) < 4.78 is 28.9. The lowest BCUT2D eigenvalue weighted by molar-refractivity contribution is 0.0906. The van der Waals surface area contributed by atoms with Crippen molar-refractivity contribution in [3.63, 3.8) is 0 Å². The van der Waals surface area contributed by atoms with Crippen LogP contribution in [0.4, 0.5) is 8.78 Å². The maximum absolute atomic E-state index is 13.6. The molecule has 1 fully saturated rings. The second-order valence-corrected chi connectivity index (χ2v) is 5.93. The average Bonchev–Trinajstić information content (AvgIpc) is 3.10. The van der Waals surface area contributed by atoms with Crippen LogP contribution in [0, 0.1) is 11.6 Å². The fourth-order valence-corrected chi connectivity index (χ4v) is 2.84. The van der Waals surface area contributed by atoms with E-state index in [0.29, 0.717) is 0 Å². The number of nitrogens with one attached hydrogen (secondary N) is 2. The summed E-state index contributed by atoms with van der Waals surface area (Å²) in [6, 6.07) is 3.49. The first kappa shape index (κ1) is 17.4. The third kappa shape index (κ3) is 3.99. The number of carbonyl (C=O) groups is 1. The molecule has 1 atom stereocenters. The molecular formula is C16H19F2N5O2. The zero-order chi connectivity index (χ0) is 17.8. The van der Waals surface area contributed by atoms with E-state index in [1.807, 2.05) is 0 Å². The third-order valence-corrected chi connectivity index (χ3v) is 4.21. The Hall–Kier alpha value is -2.39. The topological polar surface area (TPSA) is 92.1 Å². The van der Waals surface area contributed by atoms with Gasteiger partial charge in [0, 0.05) is 6.54 Å². The van der Waals surface area contributed by atoms with E-state index >= 15 is 0 Å². The molecule has 134 valence electrons. The first-order valence-corrected chi connectivity index (χ1v) is 8.09. The van der Waals surface area contributed by atoms with Crippen LogP contribution in [0.3, 0.4) is 0 Å². The number of nitrogens with zero attached hydrogens (tertiary/aromatic N) is 3. The lowest BCUT2D eigenvalue weighted by Gasteiger charge is -2.22. The molecule has 3 N–H and O–H groups in total. The van der Waals surface area contributed by atoms with Crippen molar-refractivity contribution in [3.05, 3.63) is 47.3 Å². The predicted molar refractivity (Wildman–Crippen MR) is 84.8 cm³/mol. The van der Waals surface area contributed by atoms with E-state index in [1.165, 1.54) is 6.07 Å². The Balaban J connectivity index is 1.60. The maximum Gasteiger partial charge on any atom is 0.273 e. The third-order valence-electron chi connectivity index (χ3n) is 4.21. The lowest BCUT2D eigenvalue weighted by atomic mass is 10.1. The van der Waals surface area contributed by atoms with Crippen LogP contribution in [0.1, 0.15) is 41.0 Å². The quantitative estimate of drug-likeness (QED) is 0.746. The van der Waals surface area contributed by atoms with E-state index in [4.69, 9.17) is 0 Å². The highest BCUT2D eigenvalue weighted by atomic mass is 19.1. The molecule has 2 heterocycles. The number of hydrogen-bond donors (Lipinski definition) is 3. The van der Waals surface area contributed by atoms with Crippen LogP contribution in [-0.2, 0) is 0 Å². The normalized spacial score (nSPS) is 16.6. The molecule has 0 bridgehead atoms. The van der Waals surface area contributed by atoms with Crippen molar-refractivity contribution in [1.82, 2.24) is 25.6 Å². The first-order chi connectivity index (χ1) is 12.1. The minimum atomic E-state index is -1.50. The predicted octanol–water partition coefficient (Wildman–Crippen LogP) is 0.944. The van der Waals surface area contributed by atoms with E-state index < -0.39 is 29.2 Å². The summed E-state index contributed by atoms with van der Waals surface area (Å²) in [6.45, 7) is 1.43. The van der Waals surface area contributed by atoms with Gasteiger partial charge in [-0.3, -0.25) is 4.79 Å². The smallest absolute Gasteiger partial charge is 0.273 e. The van der Waals surface area contributed by atoms with Crippen molar-refractivity contribution in [2.45, 2.75) is 25.0 Å². The Morgan fingerprint density at radius 3 is 2.72 bits per heavy atom. The Morgan fingerprint density at radius 1 is 1.36 bits per heavy atom. The van der Waals surface area contributed by atoms with Gasteiger partial charge in [0.15, 0.2) is 5.69 Å². The summed E-state index contributed by atoms with van der Waals surface area (Å²) in [4.78, 5) is 12.1. The summed E-state index contributed by atoms with van der Waals surface area (Å²) >= 11 is 0. The highest BCUT2D eigenvalue weighted by Gasteiger charge is 2.21. The summed E-state index contributed by atoms with van der Waals surface area (Å²) in [5.41, 5.74) is -0.374. The zero-order valence-corrected chi connectivity index (χ0v) is 13.5. The SMILES string of the molecule is O=C(NCC(O)c1c(F)cccc1F)c1cn(C2CCNCC2)nn1. The molecule has 0 spiro atoms. The summed E-state index contributed by atoms with van der Waals surface area (Å²) in [7, 11) is 0. The largest absolute Gasteiger partial charge is 0.386 e. The van der Waals surface area contributed by atoms with Gasteiger partial charge < -0.3 is 15.7 Å². The molecule has 1 unspecified atom stereocenters. The fourth-order valence-electron chi connectivity index (χ4n) is 2.84. The van der Waals surface area contributed by atoms with Gasteiger partial charge in [-0.2, -0.15) is 0 Å². The van der Waals surface area contributed by atoms with Gasteiger partial charge in [0.2, 0.25) is 0 Å². The van der Waals surface area contributed by atoms with Crippen molar-refractivity contribution in [3.8, 4) is 0 Å². The van der Waals surface area contributed by atoms with Crippen molar-refractivity contribution in [1.29, 1.82) is 0 Å². The number of aliphatic hydroxyl groups is 1. The molecule has 1 aliphatic rings. The van der Waals surface area contributed by atoms with Gasteiger partial charge >= 0.3 is 0 Å². The minimum absolute atomic E-state index is 0.0970. The number of piperidine rings is 1. The second kappa shape index (κ2) is 7.66. The van der Waals surface area contributed by atoms with Crippen LogP contribution >= 0.6 is 0 Å². The highest BCUT2D eigenvalue weighted by molar-refractivity contribution is 5.91. The molecule has 1 amide bonds. The molecule has 1 aliphatic heterocycles. The summed E-state index contributed by atoms with van der Waals surface area (Å²) in [5.74, 6) is -2.28. The number of benzene rings is 1. The standard InChI is InChI=1S/C16H19F2N5O2/c17-11-2-1-3-12(18)15(11)14(24)8-20-16(25)13-9-23(22-21-13)10-4-6-19-7-5-10/h1-3,9-10,14,19,24H,4-8H2,(H,20,25). The van der Waals surface area contributed by atoms with Crippen molar-refractivity contribution < 1.29 is 18.7 Å². The Bertz CT molecular complexity index is 726. The van der Waals surface area contributed by atoms with Crippen LogP contribution in [0.2, 0.25) is 0 Å². The number of halogens is 2. The van der Waals surface area contributed by atoms with Crippen LogP contribution in [0.15, 0.2) is 24.4 Å². The van der Waals surface area contributed by atoms with E-state index in [2.05, 4.69) is 20.9 Å². The average molecular weight is 351 g/mol. The van der Waals surface area contributed by atoms with Gasteiger partial charge in [0.05, 0.1) is 17.8 Å². The van der Waals surface area contributed by atoms with E-state index in [-0.39, 0.29) is 18.3 Å². The maximum atomic E-state index is 13.6. The number of amides is 1. The molecule has 3 rings (SSSR count). The molecule has 0 saturated carbocycles. The molecule has 1 aromatic carbocycles. The van der Waals surface area contributed by atoms with Crippen LogP contribution in [0.5, 0.6) is 0 Å². The van der Waals surface area contributed by atoms with Gasteiger partial charge in [0.1, 0.15) is 17.7 Å². The summed E-state index contributed by atoms with van der Waals surface area (Å²) in [5, 5.41) is 23.4. The van der Waals surface area contributed by atoms with Crippen molar-refractivity contribution in [2.75, 3.05) is 19.6 Å².